The van der Waals surface area contributed by atoms with Gasteiger partial charge in [-0.05, 0) is 78.2 Å². The maximum atomic E-state index is 12.3. The maximum Gasteiger partial charge on any atom is 0.296 e. The highest BCUT2D eigenvalue weighted by atomic mass is 32.2. The number of phenols is 1. The number of amides is 1. The van der Waals surface area contributed by atoms with E-state index in [-0.39, 0.29) is 32.9 Å². The van der Waals surface area contributed by atoms with Crippen LogP contribution < -0.4 is 11.1 Å². The van der Waals surface area contributed by atoms with E-state index in [1.54, 1.807) is 24.3 Å². The van der Waals surface area contributed by atoms with Crippen molar-refractivity contribution < 1.29 is 48.8 Å². The van der Waals surface area contributed by atoms with Gasteiger partial charge in [0.15, 0.2) is 5.75 Å². The molecule has 0 aliphatic carbocycles. The Hall–Kier alpha value is -5.64. The van der Waals surface area contributed by atoms with Crippen molar-refractivity contribution in [3.8, 4) is 5.75 Å². The molecule has 0 aliphatic heterocycles. The molecule has 0 atom stereocenters. The third-order valence-corrected chi connectivity index (χ3v) is 9.45. The second-order valence-corrected chi connectivity index (χ2v) is 14.3. The predicted octanol–water partition coefficient (Wildman–Crippen LogP) is 5.98. The minimum atomic E-state index is -5.15. The van der Waals surface area contributed by atoms with Gasteiger partial charge >= 0.3 is 0 Å². The van der Waals surface area contributed by atoms with Crippen LogP contribution in [0.25, 0.3) is 21.5 Å². The number of anilines is 2. The van der Waals surface area contributed by atoms with E-state index < -0.39 is 68.1 Å². The second kappa shape index (κ2) is 12.8. The Morgan fingerprint density at radius 1 is 0.694 bits per heavy atom. The number of nitrogens with one attached hydrogen (secondary N) is 1. The molecule has 20 heteroatoms. The van der Waals surface area contributed by atoms with E-state index in [0.29, 0.717) is 11.4 Å². The lowest BCUT2D eigenvalue weighted by molar-refractivity contribution is -0.111. The number of benzene rings is 5. The minimum Gasteiger partial charge on any atom is -0.505 e. The van der Waals surface area contributed by atoms with E-state index in [9.17, 15) is 48.8 Å². The summed E-state index contributed by atoms with van der Waals surface area (Å²) in [6, 6.07) is 14.9. The highest BCUT2D eigenvalue weighted by Crippen LogP contribution is 2.44. The van der Waals surface area contributed by atoms with Crippen LogP contribution >= 0.6 is 0 Å². The Bertz CT molecular complexity index is 2610. The molecule has 5 rings (SSSR count). The monoisotopic (exact) mass is 726 g/mol. The first-order valence-electron chi connectivity index (χ1n) is 13.3. The number of nitrogens with two attached hydrogens (primary N) is 1. The molecule has 1 amide bonds. The smallest absolute Gasteiger partial charge is 0.296 e. The first-order chi connectivity index (χ1) is 22.9. The van der Waals surface area contributed by atoms with Gasteiger partial charge in [-0.3, -0.25) is 18.5 Å². The summed E-state index contributed by atoms with van der Waals surface area (Å²) in [6.45, 7) is 3.38. The average Bonchev–Trinajstić information content (AvgIpc) is 3.02. The molecule has 0 unspecified atom stereocenters. The zero-order chi connectivity index (χ0) is 35.9. The van der Waals surface area contributed by atoms with Gasteiger partial charge in [-0.15, -0.1) is 15.3 Å². The molecular weight excluding hydrogens is 705 g/mol. The van der Waals surface area contributed by atoms with Gasteiger partial charge in [-0.25, -0.2) is 0 Å². The summed E-state index contributed by atoms with van der Waals surface area (Å²) in [5.41, 5.74) is 5.33. The fraction of sp³-hybridized carbons (Fsp3) is 0. The van der Waals surface area contributed by atoms with Crippen molar-refractivity contribution in [3.05, 3.63) is 85.5 Å². The van der Waals surface area contributed by atoms with E-state index in [4.69, 9.17) is 5.73 Å². The largest absolute Gasteiger partial charge is 0.505 e. The highest BCUT2D eigenvalue weighted by molar-refractivity contribution is 7.86. The molecule has 252 valence electrons. The van der Waals surface area contributed by atoms with Crippen LogP contribution in [0, 0.1) is 0 Å². The Balaban J connectivity index is 1.64. The summed E-state index contributed by atoms with van der Waals surface area (Å²) < 4.78 is 101. The summed E-state index contributed by atoms with van der Waals surface area (Å²) in [7, 11) is -14.7. The molecular formula is C29H22N6O11S3. The van der Waals surface area contributed by atoms with Gasteiger partial charge in [0.05, 0.1) is 27.6 Å². The summed E-state index contributed by atoms with van der Waals surface area (Å²) in [5.74, 6) is -1.31. The van der Waals surface area contributed by atoms with Gasteiger partial charge in [0.2, 0.25) is 5.91 Å². The number of nitrogens with zero attached hydrogens (tertiary/aromatic N) is 4. The number of phenolic OH excluding ortho intramolecular Hbond substituents is 1. The van der Waals surface area contributed by atoms with Gasteiger partial charge in [-0.1, -0.05) is 12.6 Å². The molecule has 0 heterocycles. The maximum absolute atomic E-state index is 12.3. The first kappa shape index (κ1) is 34.7. The zero-order valence-corrected chi connectivity index (χ0v) is 26.9. The molecule has 0 aromatic heterocycles. The van der Waals surface area contributed by atoms with Gasteiger partial charge in [-0.2, -0.15) is 30.4 Å². The number of rotatable bonds is 9. The molecule has 7 N–H and O–H groups in total. The summed E-state index contributed by atoms with van der Waals surface area (Å²) in [5, 5.41) is 29.5. The van der Waals surface area contributed by atoms with Crippen molar-refractivity contribution in [1.82, 2.24) is 0 Å². The number of aromatic hydroxyl groups is 1. The number of carbonyl (C=O) groups is 1. The number of hydrogen-bond acceptors (Lipinski definition) is 13. The van der Waals surface area contributed by atoms with E-state index in [2.05, 4.69) is 32.4 Å². The minimum absolute atomic E-state index is 0.0218. The van der Waals surface area contributed by atoms with Crippen LogP contribution in [-0.4, -0.2) is 49.9 Å². The molecule has 0 fully saturated rings. The molecule has 17 nitrogen and oxygen atoms in total. The van der Waals surface area contributed by atoms with Crippen molar-refractivity contribution in [2.75, 3.05) is 11.1 Å². The number of fused-ring (bicyclic) bond motifs is 2. The summed E-state index contributed by atoms with van der Waals surface area (Å²) in [6.07, 6.45) is 1.11. The van der Waals surface area contributed by atoms with Crippen LogP contribution in [0.15, 0.2) is 121 Å². The molecule has 0 radical (unpaired) electrons. The average molecular weight is 727 g/mol. The molecule has 0 aliphatic rings. The Labute approximate surface area is 277 Å². The molecule has 0 saturated carbocycles. The van der Waals surface area contributed by atoms with Crippen LogP contribution in [0.4, 0.5) is 34.1 Å². The molecule has 5 aromatic carbocycles. The topological polar surface area (TPSA) is 288 Å². The number of nitrogen functional groups attached to an aromatic ring is 1. The lowest BCUT2D eigenvalue weighted by Gasteiger charge is -2.11. The molecule has 0 spiro atoms. The Morgan fingerprint density at radius 2 is 1.29 bits per heavy atom. The number of carbonyl (C=O) groups excluding carboxylic acids is 1. The fourth-order valence-corrected chi connectivity index (χ4v) is 6.36. The lowest BCUT2D eigenvalue weighted by atomic mass is 10.1. The van der Waals surface area contributed by atoms with Crippen molar-refractivity contribution in [2.45, 2.75) is 14.7 Å². The SMILES string of the molecule is C=CC(=O)Nc1ccc(/N=N/c2ccc(/N=N/c3c(S(=O)(=O)O)cc4cc(S(=O)(=O)O)c(N)cc4c3O)c3cc(S(=O)(=O)O)ccc23)cc1. The van der Waals surface area contributed by atoms with Gasteiger partial charge in [0, 0.05) is 21.8 Å². The quantitative estimate of drug-likeness (QED) is 0.0443. The molecule has 49 heavy (non-hydrogen) atoms. The summed E-state index contributed by atoms with van der Waals surface area (Å²) >= 11 is 0. The van der Waals surface area contributed by atoms with E-state index in [1.165, 1.54) is 18.2 Å². The van der Waals surface area contributed by atoms with Crippen molar-refractivity contribution in [1.29, 1.82) is 0 Å². The Kier molecular flexibility index (Phi) is 9.03. The molecule has 0 bridgehead atoms. The van der Waals surface area contributed by atoms with Gasteiger partial charge in [0.1, 0.15) is 15.5 Å². The lowest BCUT2D eigenvalue weighted by Crippen LogP contribution is -2.06. The van der Waals surface area contributed by atoms with Gasteiger partial charge < -0.3 is 16.2 Å². The molecule has 5 aromatic rings. The van der Waals surface area contributed by atoms with Crippen LogP contribution in [-0.2, 0) is 35.1 Å². The summed E-state index contributed by atoms with van der Waals surface area (Å²) in [4.78, 5) is 9.17. The van der Waals surface area contributed by atoms with Crippen LogP contribution in [0.3, 0.4) is 0 Å². The second-order valence-electron chi connectivity index (χ2n) is 10.1. The predicted molar refractivity (Wildman–Crippen MR) is 177 cm³/mol. The van der Waals surface area contributed by atoms with Crippen LogP contribution in [0.2, 0.25) is 0 Å². The van der Waals surface area contributed by atoms with E-state index in [0.717, 1.165) is 36.4 Å². The number of azo groups is 2. The normalized spacial score (nSPS) is 12.6. The highest BCUT2D eigenvalue weighted by Gasteiger charge is 2.25. The zero-order valence-electron chi connectivity index (χ0n) is 24.5. The van der Waals surface area contributed by atoms with Crippen LogP contribution in [0.1, 0.15) is 0 Å². The third kappa shape index (κ3) is 7.43. The van der Waals surface area contributed by atoms with E-state index >= 15 is 0 Å². The fourth-order valence-electron chi connectivity index (χ4n) is 4.56. The molecule has 0 saturated heterocycles. The van der Waals surface area contributed by atoms with Gasteiger partial charge in [0.25, 0.3) is 30.4 Å². The Morgan fingerprint density at radius 3 is 1.88 bits per heavy atom. The van der Waals surface area contributed by atoms with Crippen molar-refractivity contribution in [3.63, 3.8) is 0 Å². The van der Waals surface area contributed by atoms with Crippen LogP contribution in [0.5, 0.6) is 5.75 Å². The van der Waals surface area contributed by atoms with Crippen molar-refractivity contribution in [2.24, 2.45) is 20.5 Å². The number of hydrogen-bond donors (Lipinski definition) is 6. The third-order valence-electron chi connectivity index (χ3n) is 6.83. The standard InChI is InChI=1S/C29H22N6O11S3/c1-2-27(36)31-16-3-5-17(6-4-16)32-33-23-9-10-24(21-13-18(47(38,39)40)7-8-19(21)23)34-35-28-26(49(44,45)46)12-15-11-25(48(41,42)43)22(30)14-20(15)29(28)37/h2-14,37H,1,30H2,(H,31,36)(H,38,39,40)(H,41,42,43)(H,44,45,46)/b33-32+,35-34+. The van der Waals surface area contributed by atoms with Crippen molar-refractivity contribution >= 4 is 91.9 Å². The first-order valence-corrected chi connectivity index (χ1v) is 17.6. The van der Waals surface area contributed by atoms with E-state index in [1.807, 2.05) is 0 Å².